The van der Waals surface area contributed by atoms with Crippen molar-refractivity contribution in [1.29, 1.82) is 0 Å². The van der Waals surface area contributed by atoms with E-state index in [2.05, 4.69) is 15.9 Å². The van der Waals surface area contributed by atoms with Crippen LogP contribution in [0, 0.1) is 0 Å². The van der Waals surface area contributed by atoms with Crippen molar-refractivity contribution in [2.75, 3.05) is 6.61 Å². The van der Waals surface area contributed by atoms with Crippen molar-refractivity contribution in [2.45, 2.75) is 6.92 Å². The number of pyridine rings is 1. The summed E-state index contributed by atoms with van der Waals surface area (Å²) < 4.78 is 2.69. The fourth-order valence-corrected chi connectivity index (χ4v) is 1.01. The van der Waals surface area contributed by atoms with Crippen LogP contribution in [-0.4, -0.2) is 6.61 Å². The van der Waals surface area contributed by atoms with Crippen LogP contribution >= 0.6 is 15.9 Å². The van der Waals surface area contributed by atoms with E-state index in [4.69, 9.17) is 4.84 Å². The van der Waals surface area contributed by atoms with Crippen LogP contribution in [0.3, 0.4) is 0 Å². The molecule has 0 fully saturated rings. The second-order valence-corrected chi connectivity index (χ2v) is 2.72. The van der Waals surface area contributed by atoms with Gasteiger partial charge in [0, 0.05) is 10.8 Å². The van der Waals surface area contributed by atoms with Gasteiger partial charge in [-0.15, -0.1) is 0 Å². The molecule has 0 aromatic carbocycles. The molecule has 0 radical (unpaired) electrons. The summed E-state index contributed by atoms with van der Waals surface area (Å²) in [5.41, 5.74) is 0. The summed E-state index contributed by atoms with van der Waals surface area (Å²) in [5.74, 6) is 0. The molecule has 0 aliphatic heterocycles. The van der Waals surface area contributed by atoms with Crippen molar-refractivity contribution in [3.8, 4) is 0 Å². The Kier molecular flexibility index (Phi) is 2.68. The molecule has 0 saturated heterocycles. The van der Waals surface area contributed by atoms with Gasteiger partial charge < -0.3 is 0 Å². The molecule has 0 saturated carbocycles. The first-order chi connectivity index (χ1) is 4.83. The largest absolute Gasteiger partial charge is 0.272 e. The van der Waals surface area contributed by atoms with Gasteiger partial charge in [-0.3, -0.25) is 4.84 Å². The average Bonchev–Trinajstić information content (AvgIpc) is 1.88. The van der Waals surface area contributed by atoms with Crippen LogP contribution < -0.4 is 9.57 Å². The smallest absolute Gasteiger partial charge is 0.236 e. The molecule has 10 heavy (non-hydrogen) atoms. The summed E-state index contributed by atoms with van der Waals surface area (Å²) in [5, 5.41) is 0. The molecule has 0 N–H and O–H groups in total. The highest BCUT2D eigenvalue weighted by molar-refractivity contribution is 9.10. The number of hydrogen-bond acceptors (Lipinski definition) is 1. The second kappa shape index (κ2) is 3.56. The van der Waals surface area contributed by atoms with Gasteiger partial charge in [-0.2, -0.15) is 0 Å². The van der Waals surface area contributed by atoms with E-state index >= 15 is 0 Å². The zero-order valence-corrected chi connectivity index (χ0v) is 7.34. The summed E-state index contributed by atoms with van der Waals surface area (Å²) in [6.45, 7) is 2.63. The predicted octanol–water partition coefficient (Wildman–Crippen LogP) is 1.19. The Balaban J connectivity index is 2.75. The summed E-state index contributed by atoms with van der Waals surface area (Å²) in [7, 11) is 0. The third-order valence-electron chi connectivity index (χ3n) is 1.02. The first-order valence-electron chi connectivity index (χ1n) is 3.13. The monoisotopic (exact) mass is 202 g/mol. The van der Waals surface area contributed by atoms with E-state index < -0.39 is 0 Å². The van der Waals surface area contributed by atoms with E-state index in [0.717, 1.165) is 4.47 Å². The summed E-state index contributed by atoms with van der Waals surface area (Å²) in [6.07, 6.45) is 3.72. The maximum absolute atomic E-state index is 5.17. The van der Waals surface area contributed by atoms with E-state index in [1.165, 1.54) is 0 Å². The lowest BCUT2D eigenvalue weighted by molar-refractivity contribution is -0.891. The minimum absolute atomic E-state index is 0.682. The van der Waals surface area contributed by atoms with Crippen LogP contribution in [0.25, 0.3) is 0 Å². The Labute approximate surface area is 68.5 Å². The molecule has 0 bridgehead atoms. The topological polar surface area (TPSA) is 13.1 Å². The van der Waals surface area contributed by atoms with Crippen molar-refractivity contribution >= 4 is 15.9 Å². The van der Waals surface area contributed by atoms with E-state index in [1.54, 1.807) is 4.73 Å². The predicted molar refractivity (Wildman–Crippen MR) is 41.5 cm³/mol. The molecule has 0 spiro atoms. The molecule has 1 aromatic heterocycles. The van der Waals surface area contributed by atoms with Gasteiger partial charge in [0.1, 0.15) is 0 Å². The van der Waals surface area contributed by atoms with Crippen molar-refractivity contribution in [2.24, 2.45) is 0 Å². The zero-order valence-electron chi connectivity index (χ0n) is 5.75. The van der Waals surface area contributed by atoms with Gasteiger partial charge in [-0.1, -0.05) is 0 Å². The average molecular weight is 203 g/mol. The molecular weight excluding hydrogens is 194 g/mol. The van der Waals surface area contributed by atoms with Crippen molar-refractivity contribution in [3.63, 3.8) is 0 Å². The van der Waals surface area contributed by atoms with E-state index in [0.29, 0.717) is 6.61 Å². The highest BCUT2D eigenvalue weighted by Crippen LogP contribution is 2.02. The van der Waals surface area contributed by atoms with Crippen LogP contribution in [0.4, 0.5) is 0 Å². The lowest BCUT2D eigenvalue weighted by Crippen LogP contribution is -2.41. The third-order valence-corrected chi connectivity index (χ3v) is 1.49. The Morgan fingerprint density at radius 3 is 3.10 bits per heavy atom. The molecule has 1 rings (SSSR count). The molecule has 0 aliphatic carbocycles. The Bertz CT molecular complexity index is 215. The Hall–Kier alpha value is -0.570. The highest BCUT2D eigenvalue weighted by atomic mass is 79.9. The molecule has 0 unspecified atom stereocenters. The maximum atomic E-state index is 5.17. The van der Waals surface area contributed by atoms with Gasteiger partial charge in [-0.25, -0.2) is 0 Å². The minimum atomic E-state index is 0.682. The Morgan fingerprint density at radius 1 is 1.70 bits per heavy atom. The minimum Gasteiger partial charge on any atom is -0.272 e. The fraction of sp³-hybridized carbons (Fsp3) is 0.286. The molecule has 0 aliphatic rings. The number of hydrogen-bond donors (Lipinski definition) is 0. The van der Waals surface area contributed by atoms with Gasteiger partial charge in [0.05, 0.1) is 4.47 Å². The third kappa shape index (κ3) is 1.99. The summed E-state index contributed by atoms with van der Waals surface area (Å²) in [4.78, 5) is 5.17. The van der Waals surface area contributed by atoms with Crippen molar-refractivity contribution in [1.82, 2.24) is 0 Å². The van der Waals surface area contributed by atoms with Gasteiger partial charge >= 0.3 is 0 Å². The Morgan fingerprint density at radius 2 is 2.50 bits per heavy atom. The number of halogens is 1. The summed E-state index contributed by atoms with van der Waals surface area (Å²) in [6, 6.07) is 3.87. The SMILES string of the molecule is CCO[n+]1cccc(Br)c1. The summed E-state index contributed by atoms with van der Waals surface area (Å²) >= 11 is 3.33. The molecule has 2 nitrogen and oxygen atoms in total. The normalized spacial score (nSPS) is 9.40. The zero-order chi connectivity index (χ0) is 7.40. The molecule has 3 heteroatoms. The van der Waals surface area contributed by atoms with Gasteiger partial charge in [0.25, 0.3) is 0 Å². The van der Waals surface area contributed by atoms with Crippen LogP contribution in [0.15, 0.2) is 29.0 Å². The van der Waals surface area contributed by atoms with Crippen LogP contribution in [0.2, 0.25) is 0 Å². The standard InChI is InChI=1S/C7H9BrNO/c1-2-10-9-5-3-4-7(8)6-9/h3-6H,2H2,1H3/q+1. The van der Waals surface area contributed by atoms with Gasteiger partial charge in [0.15, 0.2) is 6.61 Å². The number of aromatic nitrogens is 1. The number of nitrogens with zero attached hydrogens (tertiary/aromatic N) is 1. The van der Waals surface area contributed by atoms with Gasteiger partial charge in [-0.05, 0) is 28.9 Å². The van der Waals surface area contributed by atoms with Crippen LogP contribution in [0.5, 0.6) is 0 Å². The lowest BCUT2D eigenvalue weighted by Gasteiger charge is -1.92. The molecule has 0 atom stereocenters. The van der Waals surface area contributed by atoms with Crippen LogP contribution in [-0.2, 0) is 0 Å². The van der Waals surface area contributed by atoms with E-state index in [1.807, 2.05) is 31.5 Å². The molecule has 0 amide bonds. The second-order valence-electron chi connectivity index (χ2n) is 1.80. The van der Waals surface area contributed by atoms with Crippen molar-refractivity contribution < 1.29 is 9.57 Å². The fourth-order valence-electron chi connectivity index (χ4n) is 0.657. The number of rotatable bonds is 2. The molecular formula is C7H9BrNO+. The van der Waals surface area contributed by atoms with Crippen LogP contribution in [0.1, 0.15) is 6.92 Å². The molecule has 1 aromatic rings. The molecule has 1 heterocycles. The lowest BCUT2D eigenvalue weighted by atomic mass is 10.5. The van der Waals surface area contributed by atoms with E-state index in [-0.39, 0.29) is 0 Å². The highest BCUT2D eigenvalue weighted by Gasteiger charge is 1.98. The molecule has 54 valence electrons. The van der Waals surface area contributed by atoms with Gasteiger partial charge in [0.2, 0.25) is 12.4 Å². The maximum Gasteiger partial charge on any atom is 0.236 e. The first-order valence-corrected chi connectivity index (χ1v) is 3.92. The quantitative estimate of drug-likeness (QED) is 0.658. The van der Waals surface area contributed by atoms with E-state index in [9.17, 15) is 0 Å². The van der Waals surface area contributed by atoms with Crippen molar-refractivity contribution in [3.05, 3.63) is 29.0 Å². The first kappa shape index (κ1) is 7.54.